The summed E-state index contributed by atoms with van der Waals surface area (Å²) in [5.41, 5.74) is 2.06. The third-order valence-corrected chi connectivity index (χ3v) is 4.43. The topological polar surface area (TPSA) is 105 Å². The normalized spacial score (nSPS) is 12.0. The Morgan fingerprint density at radius 3 is 2.76 bits per heavy atom. The van der Waals surface area contributed by atoms with E-state index in [2.05, 4.69) is 25.3 Å². The molecule has 0 aliphatic carbocycles. The van der Waals surface area contributed by atoms with Crippen LogP contribution in [0.15, 0.2) is 17.3 Å². The summed E-state index contributed by atoms with van der Waals surface area (Å²) in [7, 11) is -1.89. The molecule has 21 heavy (non-hydrogen) atoms. The molecule has 9 heteroatoms. The van der Waals surface area contributed by atoms with Gasteiger partial charge in [-0.3, -0.25) is 9.78 Å². The number of hydrogen-bond acceptors (Lipinski definition) is 5. The molecule has 0 unspecified atom stereocenters. The maximum absolute atomic E-state index is 12.4. The van der Waals surface area contributed by atoms with Crippen LogP contribution in [0.1, 0.15) is 23.9 Å². The van der Waals surface area contributed by atoms with Gasteiger partial charge in [-0.25, -0.2) is 13.1 Å². The number of sulfonamides is 1. The number of aromatic nitrogens is 4. The van der Waals surface area contributed by atoms with Crippen LogP contribution in [0.3, 0.4) is 0 Å². The average molecular weight is 312 g/mol. The van der Waals surface area contributed by atoms with E-state index in [0.717, 1.165) is 12.2 Å². The van der Waals surface area contributed by atoms with Gasteiger partial charge in [0, 0.05) is 31.0 Å². The summed E-state index contributed by atoms with van der Waals surface area (Å²) in [4.78, 5) is 0. The lowest BCUT2D eigenvalue weighted by molar-refractivity contribution is 0.572. The quantitative estimate of drug-likeness (QED) is 0.669. The largest absolute Gasteiger partial charge is 0.313 e. The van der Waals surface area contributed by atoms with Crippen molar-refractivity contribution in [2.45, 2.75) is 32.0 Å². The SMILES string of the molecule is CCNCc1c(S(=O)(=O)NCc2ccn(C)n2)n[nH]c1C. The van der Waals surface area contributed by atoms with E-state index in [1.807, 2.05) is 6.92 Å². The van der Waals surface area contributed by atoms with Gasteiger partial charge in [0.2, 0.25) is 0 Å². The van der Waals surface area contributed by atoms with Gasteiger partial charge in [0.25, 0.3) is 10.0 Å². The van der Waals surface area contributed by atoms with Gasteiger partial charge in [0.05, 0.1) is 12.2 Å². The fourth-order valence-electron chi connectivity index (χ4n) is 1.91. The van der Waals surface area contributed by atoms with Crippen LogP contribution >= 0.6 is 0 Å². The second-order valence-electron chi connectivity index (χ2n) is 4.72. The summed E-state index contributed by atoms with van der Waals surface area (Å²) < 4.78 is 28.9. The molecule has 0 aromatic carbocycles. The summed E-state index contributed by atoms with van der Waals surface area (Å²) in [6, 6.07) is 1.76. The van der Waals surface area contributed by atoms with Crippen molar-refractivity contribution in [2.24, 2.45) is 7.05 Å². The minimum absolute atomic E-state index is 0.0388. The van der Waals surface area contributed by atoms with Crippen molar-refractivity contribution in [3.05, 3.63) is 29.2 Å². The van der Waals surface area contributed by atoms with E-state index in [-0.39, 0.29) is 11.6 Å². The van der Waals surface area contributed by atoms with E-state index in [1.54, 1.807) is 30.9 Å². The van der Waals surface area contributed by atoms with E-state index in [1.165, 1.54) is 0 Å². The van der Waals surface area contributed by atoms with Crippen LogP contribution in [0.25, 0.3) is 0 Å². The van der Waals surface area contributed by atoms with Crippen LogP contribution in [0, 0.1) is 6.92 Å². The Labute approximate surface area is 124 Å². The van der Waals surface area contributed by atoms with E-state index < -0.39 is 10.0 Å². The standard InChI is InChI=1S/C12H20N6O2S/c1-4-13-8-11-9(2)15-16-12(11)21(19,20)14-7-10-5-6-18(3)17-10/h5-6,13-14H,4,7-8H2,1-3H3,(H,15,16). The predicted molar refractivity (Wildman–Crippen MR) is 77.9 cm³/mol. The molecule has 0 saturated carbocycles. The third-order valence-electron chi connectivity index (χ3n) is 3.05. The van der Waals surface area contributed by atoms with Crippen molar-refractivity contribution in [2.75, 3.05) is 6.54 Å². The number of rotatable bonds is 7. The van der Waals surface area contributed by atoms with Gasteiger partial charge in [0.15, 0.2) is 5.03 Å². The van der Waals surface area contributed by atoms with E-state index in [4.69, 9.17) is 0 Å². The summed E-state index contributed by atoms with van der Waals surface area (Å²) >= 11 is 0. The molecule has 0 aliphatic rings. The first-order chi connectivity index (χ1) is 9.94. The molecule has 0 fully saturated rings. The smallest absolute Gasteiger partial charge is 0.260 e. The molecular weight excluding hydrogens is 292 g/mol. The molecule has 116 valence electrons. The van der Waals surface area contributed by atoms with Gasteiger partial charge >= 0.3 is 0 Å². The lowest BCUT2D eigenvalue weighted by Crippen LogP contribution is -2.26. The molecule has 2 aromatic heterocycles. The number of H-pyrrole nitrogens is 1. The Morgan fingerprint density at radius 2 is 2.14 bits per heavy atom. The molecule has 3 N–H and O–H groups in total. The first-order valence-corrected chi connectivity index (χ1v) is 8.15. The molecule has 2 aromatic rings. The predicted octanol–water partition coefficient (Wildman–Crippen LogP) is 0.0396. The first kappa shape index (κ1) is 15.7. The number of hydrogen-bond donors (Lipinski definition) is 3. The molecule has 0 spiro atoms. The zero-order valence-corrected chi connectivity index (χ0v) is 13.2. The molecule has 2 heterocycles. The minimum atomic E-state index is -3.67. The molecule has 0 bridgehead atoms. The Hall–Kier alpha value is -1.71. The maximum Gasteiger partial charge on any atom is 0.260 e. The highest BCUT2D eigenvalue weighted by Gasteiger charge is 2.23. The Morgan fingerprint density at radius 1 is 1.38 bits per heavy atom. The van der Waals surface area contributed by atoms with Crippen molar-refractivity contribution in [3.8, 4) is 0 Å². The van der Waals surface area contributed by atoms with E-state index in [0.29, 0.717) is 17.8 Å². The number of aryl methyl sites for hydroxylation is 2. The molecular formula is C12H20N6O2S. The van der Waals surface area contributed by atoms with Gasteiger partial charge in [-0.05, 0) is 19.5 Å². The van der Waals surface area contributed by atoms with Crippen molar-refractivity contribution in [3.63, 3.8) is 0 Å². The van der Waals surface area contributed by atoms with E-state index >= 15 is 0 Å². The molecule has 0 atom stereocenters. The second kappa shape index (κ2) is 6.37. The second-order valence-corrected chi connectivity index (χ2v) is 6.40. The first-order valence-electron chi connectivity index (χ1n) is 6.66. The highest BCUT2D eigenvalue weighted by Crippen LogP contribution is 2.16. The van der Waals surface area contributed by atoms with Crippen LogP contribution in [0.2, 0.25) is 0 Å². The molecule has 0 amide bonds. The van der Waals surface area contributed by atoms with Gasteiger partial charge in [-0.2, -0.15) is 10.2 Å². The van der Waals surface area contributed by atoms with Crippen LogP contribution in [-0.2, 0) is 30.2 Å². The minimum Gasteiger partial charge on any atom is -0.313 e. The van der Waals surface area contributed by atoms with Gasteiger partial charge in [-0.15, -0.1) is 0 Å². The summed E-state index contributed by atoms with van der Waals surface area (Å²) in [6.07, 6.45) is 1.76. The highest BCUT2D eigenvalue weighted by atomic mass is 32.2. The average Bonchev–Trinajstić information content (AvgIpc) is 3.01. The van der Waals surface area contributed by atoms with Crippen molar-refractivity contribution in [1.82, 2.24) is 30.0 Å². The summed E-state index contributed by atoms with van der Waals surface area (Å²) in [6.45, 7) is 5.11. The zero-order valence-electron chi connectivity index (χ0n) is 12.3. The lowest BCUT2D eigenvalue weighted by atomic mass is 10.2. The molecule has 8 nitrogen and oxygen atoms in total. The van der Waals surface area contributed by atoms with Crippen LogP contribution in [-0.4, -0.2) is 34.9 Å². The van der Waals surface area contributed by atoms with E-state index in [9.17, 15) is 8.42 Å². The molecule has 0 saturated heterocycles. The Balaban J connectivity index is 2.15. The van der Waals surface area contributed by atoms with Crippen LogP contribution < -0.4 is 10.0 Å². The lowest BCUT2D eigenvalue weighted by Gasteiger charge is -2.06. The number of aromatic amines is 1. The molecule has 0 radical (unpaired) electrons. The monoisotopic (exact) mass is 312 g/mol. The number of nitrogens with zero attached hydrogens (tertiary/aromatic N) is 3. The molecule has 2 rings (SSSR count). The van der Waals surface area contributed by atoms with Crippen molar-refractivity contribution < 1.29 is 8.42 Å². The highest BCUT2D eigenvalue weighted by molar-refractivity contribution is 7.89. The van der Waals surface area contributed by atoms with Crippen molar-refractivity contribution >= 4 is 10.0 Å². The summed E-state index contributed by atoms with van der Waals surface area (Å²) in [5, 5.41) is 13.9. The molecule has 0 aliphatic heterocycles. The van der Waals surface area contributed by atoms with Crippen LogP contribution in [0.5, 0.6) is 0 Å². The zero-order chi connectivity index (χ0) is 15.5. The van der Waals surface area contributed by atoms with Gasteiger partial charge in [0.1, 0.15) is 0 Å². The Kier molecular flexibility index (Phi) is 4.76. The third kappa shape index (κ3) is 3.69. The summed E-state index contributed by atoms with van der Waals surface area (Å²) in [5.74, 6) is 0. The van der Waals surface area contributed by atoms with Gasteiger partial charge in [-0.1, -0.05) is 6.92 Å². The fourth-order valence-corrected chi connectivity index (χ4v) is 3.10. The fraction of sp³-hybridized carbons (Fsp3) is 0.500. The number of nitrogens with one attached hydrogen (secondary N) is 3. The Bertz CT molecular complexity index is 703. The van der Waals surface area contributed by atoms with Gasteiger partial charge < -0.3 is 5.32 Å². The van der Waals surface area contributed by atoms with Crippen molar-refractivity contribution in [1.29, 1.82) is 0 Å². The maximum atomic E-state index is 12.4. The van der Waals surface area contributed by atoms with Crippen LogP contribution in [0.4, 0.5) is 0 Å².